The second-order valence-electron chi connectivity index (χ2n) is 3.53. The fourth-order valence-electron chi connectivity index (χ4n) is 1.86. The molecular formula is C12H14. The van der Waals surface area contributed by atoms with Crippen LogP contribution in [0.4, 0.5) is 0 Å². The Balaban J connectivity index is 2.34. The van der Waals surface area contributed by atoms with E-state index in [-0.39, 0.29) is 0 Å². The minimum absolute atomic E-state index is 0.606. The van der Waals surface area contributed by atoms with E-state index in [1.807, 2.05) is 0 Å². The predicted octanol–water partition coefficient (Wildman–Crippen LogP) is 3.40. The number of fused-ring (bicyclic) bond motifs is 1. The zero-order valence-electron chi connectivity index (χ0n) is 7.29. The third-order valence-corrected chi connectivity index (χ3v) is 2.60. The molecule has 0 unspecified atom stereocenters. The van der Waals surface area contributed by atoms with E-state index in [2.05, 4.69) is 37.0 Å². The normalized spacial score (nSPS) is 27.8. The van der Waals surface area contributed by atoms with E-state index in [1.54, 1.807) is 0 Å². The van der Waals surface area contributed by atoms with Gasteiger partial charge in [-0.3, -0.25) is 0 Å². The van der Waals surface area contributed by atoms with E-state index >= 15 is 0 Å². The lowest BCUT2D eigenvalue weighted by molar-refractivity contribution is 0.602. The molecule has 0 heterocycles. The summed E-state index contributed by atoms with van der Waals surface area (Å²) < 4.78 is 0. The molecule has 0 fully saturated rings. The first kappa shape index (κ1) is 7.60. The first-order chi connectivity index (χ1) is 5.86. The molecular weight excluding hydrogens is 144 g/mol. The summed E-state index contributed by atoms with van der Waals surface area (Å²) in [5, 5.41) is 0. The highest BCUT2D eigenvalue weighted by molar-refractivity contribution is 5.35. The topological polar surface area (TPSA) is 0 Å². The smallest absolute Gasteiger partial charge is 0.00180 e. The van der Waals surface area contributed by atoms with Gasteiger partial charge in [-0.1, -0.05) is 42.5 Å². The summed E-state index contributed by atoms with van der Waals surface area (Å²) in [6.45, 7) is 4.07. The quantitative estimate of drug-likeness (QED) is 0.507. The van der Waals surface area contributed by atoms with Gasteiger partial charge in [0, 0.05) is 5.92 Å². The Kier molecular flexibility index (Phi) is 1.99. The van der Waals surface area contributed by atoms with Crippen molar-refractivity contribution in [3.63, 3.8) is 0 Å². The summed E-state index contributed by atoms with van der Waals surface area (Å²) in [5.41, 5.74) is 2.74. The monoisotopic (exact) mass is 158 g/mol. The highest BCUT2D eigenvalue weighted by Gasteiger charge is 2.14. The van der Waals surface area contributed by atoms with Crippen molar-refractivity contribution in [2.45, 2.75) is 19.3 Å². The molecule has 0 heteroatoms. The molecule has 0 N–H and O–H groups in total. The maximum Gasteiger partial charge on any atom is 0.00180 e. The Morgan fingerprint density at radius 1 is 1.25 bits per heavy atom. The summed E-state index contributed by atoms with van der Waals surface area (Å²) >= 11 is 0. The van der Waals surface area contributed by atoms with Gasteiger partial charge in [0.25, 0.3) is 0 Å². The first-order valence-corrected chi connectivity index (χ1v) is 4.60. The summed E-state index contributed by atoms with van der Waals surface area (Å²) in [7, 11) is 0. The molecule has 0 nitrogen and oxygen atoms in total. The van der Waals surface area contributed by atoms with Crippen molar-refractivity contribution in [3.8, 4) is 0 Å². The van der Waals surface area contributed by atoms with Crippen LogP contribution in [-0.2, 0) is 0 Å². The lowest BCUT2D eigenvalue weighted by Crippen LogP contribution is -2.05. The van der Waals surface area contributed by atoms with Crippen molar-refractivity contribution >= 4 is 0 Å². The molecule has 2 aliphatic rings. The lowest BCUT2D eigenvalue weighted by atomic mass is 9.84. The van der Waals surface area contributed by atoms with Crippen molar-refractivity contribution in [2.75, 3.05) is 0 Å². The van der Waals surface area contributed by atoms with Gasteiger partial charge in [0.15, 0.2) is 0 Å². The fraction of sp³-hybridized carbons (Fsp3) is 0.333. The van der Waals surface area contributed by atoms with Gasteiger partial charge in [0.1, 0.15) is 0 Å². The van der Waals surface area contributed by atoms with E-state index in [0.717, 1.165) is 0 Å². The molecule has 0 saturated carbocycles. The molecule has 0 saturated heterocycles. The third kappa shape index (κ3) is 1.42. The third-order valence-electron chi connectivity index (χ3n) is 2.60. The Morgan fingerprint density at radius 3 is 3.00 bits per heavy atom. The van der Waals surface area contributed by atoms with Crippen LogP contribution in [0.2, 0.25) is 0 Å². The Hall–Kier alpha value is -1.04. The molecule has 0 aromatic rings. The van der Waals surface area contributed by atoms with Crippen LogP contribution in [0.15, 0.2) is 48.1 Å². The molecule has 2 aliphatic carbocycles. The van der Waals surface area contributed by atoms with Crippen LogP contribution >= 0.6 is 0 Å². The molecule has 2 rings (SSSR count). The zero-order valence-corrected chi connectivity index (χ0v) is 7.29. The van der Waals surface area contributed by atoms with Crippen LogP contribution in [0.5, 0.6) is 0 Å². The average Bonchev–Trinajstić information content (AvgIpc) is 2.11. The van der Waals surface area contributed by atoms with Gasteiger partial charge in [-0.15, -0.1) is 0 Å². The van der Waals surface area contributed by atoms with Crippen molar-refractivity contribution < 1.29 is 0 Å². The SMILES string of the molecule is C=C1C=CC=CC2=C[C@H]1CCC2. The van der Waals surface area contributed by atoms with Crippen molar-refractivity contribution in [2.24, 2.45) is 5.92 Å². The maximum atomic E-state index is 4.07. The molecule has 0 spiro atoms. The second-order valence-corrected chi connectivity index (χ2v) is 3.53. The Labute approximate surface area is 74.0 Å². The van der Waals surface area contributed by atoms with Gasteiger partial charge in [-0.05, 0) is 24.8 Å². The molecule has 62 valence electrons. The van der Waals surface area contributed by atoms with Crippen LogP contribution in [0, 0.1) is 5.92 Å². The predicted molar refractivity (Wildman–Crippen MR) is 52.8 cm³/mol. The van der Waals surface area contributed by atoms with Crippen LogP contribution < -0.4 is 0 Å². The van der Waals surface area contributed by atoms with Gasteiger partial charge < -0.3 is 0 Å². The Bertz CT molecular complexity index is 276. The highest BCUT2D eigenvalue weighted by atomic mass is 14.2. The van der Waals surface area contributed by atoms with Crippen LogP contribution in [-0.4, -0.2) is 0 Å². The number of allylic oxidation sites excluding steroid dienone is 7. The minimum Gasteiger partial charge on any atom is -0.0952 e. The van der Waals surface area contributed by atoms with Crippen LogP contribution in [0.25, 0.3) is 0 Å². The molecule has 0 aromatic carbocycles. The highest BCUT2D eigenvalue weighted by Crippen LogP contribution is 2.29. The van der Waals surface area contributed by atoms with Crippen molar-refractivity contribution in [1.29, 1.82) is 0 Å². The fourth-order valence-corrected chi connectivity index (χ4v) is 1.86. The van der Waals surface area contributed by atoms with Crippen molar-refractivity contribution in [3.05, 3.63) is 48.1 Å². The average molecular weight is 158 g/mol. The summed E-state index contributed by atoms with van der Waals surface area (Å²) in [4.78, 5) is 0. The molecule has 0 aromatic heterocycles. The largest absolute Gasteiger partial charge is 0.0952 e. The standard InChI is InChI=1S/C12H14/c1-10-5-2-3-6-11-7-4-8-12(10)9-11/h2-3,5-6,9,12H,1,4,7-8H2/t12-/m1/s1. The molecule has 12 heavy (non-hydrogen) atoms. The summed E-state index contributed by atoms with van der Waals surface area (Å²) in [6, 6.07) is 0. The Morgan fingerprint density at radius 2 is 2.08 bits per heavy atom. The number of hydrogen-bond acceptors (Lipinski definition) is 0. The summed E-state index contributed by atoms with van der Waals surface area (Å²) in [5.74, 6) is 0.606. The minimum atomic E-state index is 0.606. The van der Waals surface area contributed by atoms with E-state index in [0.29, 0.717) is 5.92 Å². The second kappa shape index (κ2) is 3.14. The van der Waals surface area contributed by atoms with E-state index in [4.69, 9.17) is 0 Å². The van der Waals surface area contributed by atoms with E-state index in [1.165, 1.54) is 30.4 Å². The molecule has 0 radical (unpaired) electrons. The molecule has 1 atom stereocenters. The van der Waals surface area contributed by atoms with Crippen LogP contribution in [0.3, 0.4) is 0 Å². The van der Waals surface area contributed by atoms with Gasteiger partial charge in [-0.2, -0.15) is 0 Å². The number of hydrogen-bond donors (Lipinski definition) is 0. The van der Waals surface area contributed by atoms with E-state index < -0.39 is 0 Å². The zero-order chi connectivity index (χ0) is 8.39. The van der Waals surface area contributed by atoms with Crippen molar-refractivity contribution in [1.82, 2.24) is 0 Å². The molecule has 0 aliphatic heterocycles. The van der Waals surface area contributed by atoms with E-state index in [9.17, 15) is 0 Å². The van der Waals surface area contributed by atoms with Gasteiger partial charge in [0.05, 0.1) is 0 Å². The number of rotatable bonds is 0. The van der Waals surface area contributed by atoms with Gasteiger partial charge in [0.2, 0.25) is 0 Å². The van der Waals surface area contributed by atoms with Gasteiger partial charge >= 0.3 is 0 Å². The lowest BCUT2D eigenvalue weighted by Gasteiger charge is -2.21. The van der Waals surface area contributed by atoms with Gasteiger partial charge in [-0.25, -0.2) is 0 Å². The summed E-state index contributed by atoms with van der Waals surface area (Å²) in [6.07, 6.45) is 14.7. The van der Waals surface area contributed by atoms with Crippen LogP contribution in [0.1, 0.15) is 19.3 Å². The molecule has 2 bridgehead atoms. The molecule has 0 amide bonds. The maximum absolute atomic E-state index is 4.07. The first-order valence-electron chi connectivity index (χ1n) is 4.60.